The first-order chi connectivity index (χ1) is 12.6. The van der Waals surface area contributed by atoms with Gasteiger partial charge in [-0.15, -0.1) is 0 Å². The number of nitrogens with zero attached hydrogens (tertiary/aromatic N) is 3. The molecule has 1 aliphatic heterocycles. The van der Waals surface area contributed by atoms with Gasteiger partial charge >= 0.3 is 5.97 Å². The number of aromatic nitrogens is 3. The van der Waals surface area contributed by atoms with Crippen molar-refractivity contribution in [1.82, 2.24) is 14.8 Å². The standard InChI is InChI=1S/C20H24N4O2/c1-13-7-6-8-15(11-13)18-17(14(2)23-20-21-12-22-24(18)20)19(25)26-16-9-4-3-5-10-16/h6-8,11-12,16,18H,3-5,9-10H2,1-2H3,(H,21,22,23)/t18-/m1/s1. The predicted octanol–water partition coefficient (Wildman–Crippen LogP) is 3.75. The summed E-state index contributed by atoms with van der Waals surface area (Å²) in [5.74, 6) is 0.387. The van der Waals surface area contributed by atoms with E-state index in [0.29, 0.717) is 11.5 Å². The lowest BCUT2D eigenvalue weighted by molar-refractivity contribution is -0.146. The van der Waals surface area contributed by atoms with Crippen LogP contribution in [0.1, 0.15) is 56.2 Å². The molecular weight excluding hydrogens is 328 g/mol. The molecule has 1 aromatic heterocycles. The van der Waals surface area contributed by atoms with E-state index in [0.717, 1.165) is 42.5 Å². The molecule has 0 unspecified atom stereocenters. The van der Waals surface area contributed by atoms with Crippen molar-refractivity contribution in [1.29, 1.82) is 0 Å². The largest absolute Gasteiger partial charge is 0.459 e. The van der Waals surface area contributed by atoms with E-state index >= 15 is 0 Å². The molecule has 0 saturated heterocycles. The van der Waals surface area contributed by atoms with Gasteiger partial charge in [0.2, 0.25) is 5.95 Å². The van der Waals surface area contributed by atoms with E-state index in [1.54, 1.807) is 4.68 Å². The Balaban J connectivity index is 1.71. The first kappa shape index (κ1) is 16.8. The number of benzene rings is 1. The van der Waals surface area contributed by atoms with E-state index in [9.17, 15) is 4.79 Å². The van der Waals surface area contributed by atoms with Crippen LogP contribution in [-0.4, -0.2) is 26.8 Å². The van der Waals surface area contributed by atoms with Crippen LogP contribution in [0.5, 0.6) is 0 Å². The zero-order valence-electron chi connectivity index (χ0n) is 15.2. The maximum Gasteiger partial charge on any atom is 0.338 e. The number of hydrogen-bond acceptors (Lipinski definition) is 5. The number of allylic oxidation sites excluding steroid dienone is 1. The number of carbonyl (C=O) groups is 1. The molecule has 1 aliphatic carbocycles. The van der Waals surface area contributed by atoms with Gasteiger partial charge in [0.05, 0.1) is 5.57 Å². The van der Waals surface area contributed by atoms with Crippen LogP contribution in [0.4, 0.5) is 5.95 Å². The third-order valence-electron chi connectivity index (χ3n) is 5.20. The lowest BCUT2D eigenvalue weighted by Crippen LogP contribution is -2.32. The van der Waals surface area contributed by atoms with Crippen molar-refractivity contribution in [3.05, 3.63) is 53.0 Å². The minimum Gasteiger partial charge on any atom is -0.459 e. The fraction of sp³-hybridized carbons (Fsp3) is 0.450. The average molecular weight is 352 g/mol. The summed E-state index contributed by atoms with van der Waals surface area (Å²) in [6.07, 6.45) is 6.92. The van der Waals surface area contributed by atoms with Crippen molar-refractivity contribution in [2.45, 2.75) is 58.1 Å². The number of esters is 1. The molecule has 1 atom stereocenters. The second-order valence-corrected chi connectivity index (χ2v) is 7.17. The molecule has 1 saturated carbocycles. The Morgan fingerprint density at radius 3 is 2.81 bits per heavy atom. The Bertz CT molecular complexity index is 849. The second kappa shape index (κ2) is 6.94. The summed E-state index contributed by atoms with van der Waals surface area (Å²) >= 11 is 0. The van der Waals surface area contributed by atoms with Crippen molar-refractivity contribution in [2.75, 3.05) is 5.32 Å². The van der Waals surface area contributed by atoms with Gasteiger partial charge in [-0.05, 0) is 45.1 Å². The Morgan fingerprint density at radius 2 is 2.04 bits per heavy atom. The number of nitrogens with one attached hydrogen (secondary N) is 1. The summed E-state index contributed by atoms with van der Waals surface area (Å²) < 4.78 is 7.64. The van der Waals surface area contributed by atoms with Gasteiger partial charge in [-0.25, -0.2) is 9.48 Å². The third-order valence-corrected chi connectivity index (χ3v) is 5.20. The minimum absolute atomic E-state index is 0.0202. The first-order valence-corrected chi connectivity index (χ1v) is 9.28. The van der Waals surface area contributed by atoms with Crippen LogP contribution in [0.2, 0.25) is 0 Å². The van der Waals surface area contributed by atoms with Gasteiger partial charge in [-0.3, -0.25) is 0 Å². The number of carbonyl (C=O) groups excluding carboxylic acids is 1. The van der Waals surface area contributed by atoms with E-state index < -0.39 is 0 Å². The molecule has 0 bridgehead atoms. The van der Waals surface area contributed by atoms with Crippen molar-refractivity contribution < 1.29 is 9.53 Å². The highest BCUT2D eigenvalue weighted by molar-refractivity contribution is 5.92. The van der Waals surface area contributed by atoms with Crippen LogP contribution in [0, 0.1) is 6.92 Å². The van der Waals surface area contributed by atoms with Crippen LogP contribution in [0.3, 0.4) is 0 Å². The first-order valence-electron chi connectivity index (χ1n) is 9.28. The number of fused-ring (bicyclic) bond motifs is 1. The van der Waals surface area contributed by atoms with Gasteiger partial charge < -0.3 is 10.1 Å². The number of aryl methyl sites for hydroxylation is 1. The summed E-state index contributed by atoms with van der Waals surface area (Å²) in [6, 6.07) is 7.83. The molecule has 0 amide bonds. The summed E-state index contributed by atoms with van der Waals surface area (Å²) in [7, 11) is 0. The Hall–Kier alpha value is -2.63. The molecule has 6 nitrogen and oxygen atoms in total. The van der Waals surface area contributed by atoms with Crippen LogP contribution >= 0.6 is 0 Å². The molecule has 0 spiro atoms. The SMILES string of the molecule is CC1=C(C(=O)OC2CCCCC2)[C@@H](c2cccc(C)c2)n2ncnc2N1. The number of ether oxygens (including phenoxy) is 1. The monoisotopic (exact) mass is 352 g/mol. The maximum absolute atomic E-state index is 13.1. The normalized spacial score (nSPS) is 20.5. The molecule has 1 fully saturated rings. The van der Waals surface area contributed by atoms with Gasteiger partial charge in [0.25, 0.3) is 0 Å². The summed E-state index contributed by atoms with van der Waals surface area (Å²) in [4.78, 5) is 17.4. The third kappa shape index (κ3) is 3.11. The fourth-order valence-electron chi connectivity index (χ4n) is 3.90. The van der Waals surface area contributed by atoms with Crippen molar-refractivity contribution in [3.8, 4) is 0 Å². The molecule has 1 N–H and O–H groups in total. The second-order valence-electron chi connectivity index (χ2n) is 7.17. The Labute approximate surface area is 153 Å². The Morgan fingerprint density at radius 1 is 1.23 bits per heavy atom. The van der Waals surface area contributed by atoms with Crippen LogP contribution in [0.15, 0.2) is 41.9 Å². The highest BCUT2D eigenvalue weighted by Gasteiger charge is 2.35. The van der Waals surface area contributed by atoms with Gasteiger partial charge in [-0.1, -0.05) is 36.2 Å². The van der Waals surface area contributed by atoms with Crippen LogP contribution in [-0.2, 0) is 9.53 Å². The van der Waals surface area contributed by atoms with E-state index in [1.165, 1.54) is 12.7 Å². The van der Waals surface area contributed by atoms with E-state index in [4.69, 9.17) is 4.74 Å². The highest BCUT2D eigenvalue weighted by Crippen LogP contribution is 2.36. The zero-order chi connectivity index (χ0) is 18.1. The van der Waals surface area contributed by atoms with Gasteiger partial charge in [0, 0.05) is 5.70 Å². The highest BCUT2D eigenvalue weighted by atomic mass is 16.5. The molecule has 2 aliphatic rings. The van der Waals surface area contributed by atoms with E-state index in [1.807, 2.05) is 32.0 Å². The molecule has 2 heterocycles. The van der Waals surface area contributed by atoms with Crippen molar-refractivity contribution >= 4 is 11.9 Å². The number of hydrogen-bond donors (Lipinski definition) is 1. The lowest BCUT2D eigenvalue weighted by atomic mass is 9.94. The zero-order valence-corrected chi connectivity index (χ0v) is 15.2. The molecule has 4 rings (SSSR count). The molecule has 6 heteroatoms. The molecule has 136 valence electrons. The lowest BCUT2D eigenvalue weighted by Gasteiger charge is -2.30. The maximum atomic E-state index is 13.1. The van der Waals surface area contributed by atoms with Gasteiger partial charge in [0.15, 0.2) is 0 Å². The predicted molar refractivity (Wildman–Crippen MR) is 98.6 cm³/mol. The van der Waals surface area contributed by atoms with Crippen molar-refractivity contribution in [2.24, 2.45) is 0 Å². The molecule has 2 aromatic rings. The number of rotatable bonds is 3. The summed E-state index contributed by atoms with van der Waals surface area (Å²) in [6.45, 7) is 3.95. The van der Waals surface area contributed by atoms with Gasteiger partial charge in [0.1, 0.15) is 18.5 Å². The summed E-state index contributed by atoms with van der Waals surface area (Å²) in [5.41, 5.74) is 3.53. The molecule has 26 heavy (non-hydrogen) atoms. The average Bonchev–Trinajstić information content (AvgIpc) is 3.09. The van der Waals surface area contributed by atoms with E-state index in [2.05, 4.69) is 21.5 Å². The quantitative estimate of drug-likeness (QED) is 0.852. The summed E-state index contributed by atoms with van der Waals surface area (Å²) in [5, 5.41) is 7.55. The molecular formula is C20H24N4O2. The van der Waals surface area contributed by atoms with E-state index in [-0.39, 0.29) is 18.1 Å². The smallest absolute Gasteiger partial charge is 0.338 e. The number of anilines is 1. The molecule has 1 aromatic carbocycles. The Kier molecular flexibility index (Phi) is 4.49. The minimum atomic E-state index is -0.329. The molecule has 0 radical (unpaired) electrons. The van der Waals surface area contributed by atoms with Crippen molar-refractivity contribution in [3.63, 3.8) is 0 Å². The van der Waals surface area contributed by atoms with Gasteiger partial charge in [-0.2, -0.15) is 10.1 Å². The fourth-order valence-corrected chi connectivity index (χ4v) is 3.90. The van der Waals surface area contributed by atoms with Crippen LogP contribution < -0.4 is 5.32 Å². The topological polar surface area (TPSA) is 69.0 Å². The van der Waals surface area contributed by atoms with Crippen LogP contribution in [0.25, 0.3) is 0 Å².